The molecule has 0 heterocycles. The van der Waals surface area contributed by atoms with E-state index in [0.717, 1.165) is 17.1 Å². The fourth-order valence-electron chi connectivity index (χ4n) is 3.68. The van der Waals surface area contributed by atoms with Gasteiger partial charge in [-0.1, -0.05) is 12.1 Å². The SMILES string of the molecule is COC(=O)C(F)(F)C(F)(F)C(C)(F)F.COC(=O)C(F)(F)C(F)(F)C(F)(F)C(F)(F)C(F)(F)C(F)(F)C(C)(F)F.COC(=O)Cc1ccc(OC)cc1.COC(=O)c1ccc(OC)cc1.COC(C)=O. The number of ether oxygens (including phenoxy) is 7. The van der Waals surface area contributed by atoms with Gasteiger partial charge >= 0.3 is 89.1 Å². The molecule has 2 aromatic carbocycles. The molecule has 32 heteroatoms. The second-order valence-corrected chi connectivity index (χ2v) is 12.9. The molecule has 0 aliphatic heterocycles. The monoisotopic (exact) mass is 1070 g/mol. The molecule has 0 saturated heterocycles. The summed E-state index contributed by atoms with van der Waals surface area (Å²) in [6, 6.07) is 14.1. The van der Waals surface area contributed by atoms with Gasteiger partial charge in [-0.05, 0) is 42.0 Å². The maximum Gasteiger partial charge on any atom is 0.410 e. The Morgan fingerprint density at radius 2 is 0.700 bits per heavy atom. The molecule has 70 heavy (non-hydrogen) atoms. The molecule has 2 aromatic rings. The third-order valence-electron chi connectivity index (χ3n) is 7.89. The van der Waals surface area contributed by atoms with Crippen LogP contribution in [0.3, 0.4) is 0 Å². The molecular weight excluding hydrogens is 1030 g/mol. The Labute approximate surface area is 382 Å². The van der Waals surface area contributed by atoms with Crippen LogP contribution in [-0.2, 0) is 49.3 Å². The van der Waals surface area contributed by atoms with Gasteiger partial charge in [0.15, 0.2) is 0 Å². The first-order valence-electron chi connectivity index (χ1n) is 17.7. The van der Waals surface area contributed by atoms with Crippen molar-refractivity contribution < 1.29 is 145 Å². The van der Waals surface area contributed by atoms with Crippen molar-refractivity contribution >= 4 is 29.8 Å². The van der Waals surface area contributed by atoms with Crippen LogP contribution in [0.4, 0.5) is 87.8 Å². The molecule has 0 amide bonds. The number of hydrogen-bond donors (Lipinski definition) is 0. The van der Waals surface area contributed by atoms with Crippen LogP contribution in [0, 0.1) is 0 Å². The van der Waals surface area contributed by atoms with Crippen LogP contribution >= 0.6 is 0 Å². The van der Waals surface area contributed by atoms with Gasteiger partial charge in [0.1, 0.15) is 11.5 Å². The van der Waals surface area contributed by atoms with Crippen molar-refractivity contribution in [2.75, 3.05) is 49.8 Å². The molecular formula is C38H40F20O12. The van der Waals surface area contributed by atoms with Gasteiger partial charge in [-0.15, -0.1) is 0 Å². The number of hydrogen-bond acceptors (Lipinski definition) is 12. The Kier molecular flexibility index (Phi) is 25.1. The predicted molar refractivity (Wildman–Crippen MR) is 196 cm³/mol. The average Bonchev–Trinajstić information content (AvgIpc) is 3.27. The van der Waals surface area contributed by atoms with E-state index >= 15 is 0 Å². The molecule has 0 saturated carbocycles. The van der Waals surface area contributed by atoms with Crippen molar-refractivity contribution in [1.29, 1.82) is 0 Å². The third-order valence-corrected chi connectivity index (χ3v) is 7.89. The normalized spacial score (nSPS) is 12.5. The molecule has 0 N–H and O–H groups in total. The molecule has 0 radical (unpaired) electrons. The fraction of sp³-hybridized carbons (Fsp3) is 0.553. The van der Waals surface area contributed by atoms with Crippen molar-refractivity contribution in [3.8, 4) is 11.5 Å². The molecule has 0 bridgehead atoms. The zero-order valence-corrected chi connectivity index (χ0v) is 37.3. The Bertz CT molecular complexity index is 1980. The highest BCUT2D eigenvalue weighted by atomic mass is 19.4. The Morgan fingerprint density at radius 3 is 0.971 bits per heavy atom. The van der Waals surface area contributed by atoms with Gasteiger partial charge in [0.25, 0.3) is 0 Å². The number of methoxy groups -OCH3 is 7. The number of esters is 5. The van der Waals surface area contributed by atoms with E-state index in [-0.39, 0.29) is 25.0 Å². The van der Waals surface area contributed by atoms with Gasteiger partial charge in [-0.2, -0.15) is 87.8 Å². The number of benzene rings is 2. The van der Waals surface area contributed by atoms with Gasteiger partial charge in [-0.3, -0.25) is 9.59 Å². The summed E-state index contributed by atoms with van der Waals surface area (Å²) in [6.07, 6.45) is 0.306. The molecule has 0 atom stereocenters. The first kappa shape index (κ1) is 68.3. The van der Waals surface area contributed by atoms with Gasteiger partial charge < -0.3 is 33.2 Å². The Morgan fingerprint density at radius 1 is 0.400 bits per heavy atom. The molecule has 0 fully saturated rings. The average molecular weight is 1070 g/mol. The van der Waals surface area contributed by atoms with Crippen LogP contribution < -0.4 is 9.47 Å². The third kappa shape index (κ3) is 16.0. The van der Waals surface area contributed by atoms with Crippen LogP contribution in [-0.4, -0.2) is 139 Å². The molecule has 0 unspecified atom stereocenters. The zero-order valence-electron chi connectivity index (χ0n) is 37.3. The van der Waals surface area contributed by atoms with E-state index in [1.54, 1.807) is 38.5 Å². The highest BCUT2D eigenvalue weighted by Crippen LogP contribution is 2.62. The number of rotatable bonds is 15. The lowest BCUT2D eigenvalue weighted by Gasteiger charge is -2.41. The summed E-state index contributed by atoms with van der Waals surface area (Å²) < 4.78 is 284. The van der Waals surface area contributed by atoms with Gasteiger partial charge in [-0.25, -0.2) is 14.4 Å². The van der Waals surface area contributed by atoms with E-state index in [2.05, 4.69) is 23.7 Å². The summed E-state index contributed by atoms with van der Waals surface area (Å²) in [4.78, 5) is 51.9. The number of alkyl halides is 20. The summed E-state index contributed by atoms with van der Waals surface area (Å²) in [6.45, 7) is -0.194. The lowest BCUT2D eigenvalue weighted by atomic mass is 9.89. The number of carbonyl (C=O) groups excluding carboxylic acids is 5. The van der Waals surface area contributed by atoms with Crippen LogP contribution in [0.25, 0.3) is 0 Å². The lowest BCUT2D eigenvalue weighted by Crippen LogP contribution is -2.73. The molecule has 0 aliphatic carbocycles. The molecule has 0 spiro atoms. The highest BCUT2D eigenvalue weighted by molar-refractivity contribution is 5.89. The summed E-state index contributed by atoms with van der Waals surface area (Å²) in [5, 5.41) is 0. The second kappa shape index (κ2) is 25.7. The topological polar surface area (TPSA) is 150 Å². The van der Waals surface area contributed by atoms with Crippen molar-refractivity contribution in [3.63, 3.8) is 0 Å². The van der Waals surface area contributed by atoms with Crippen molar-refractivity contribution in [2.24, 2.45) is 0 Å². The minimum atomic E-state index is -8.18. The fourth-order valence-corrected chi connectivity index (χ4v) is 3.68. The largest absolute Gasteiger partial charge is 0.497 e. The number of halogens is 20. The molecule has 2 rings (SSSR count). The summed E-state index contributed by atoms with van der Waals surface area (Å²) in [5.74, 6) is -74.5. The van der Waals surface area contributed by atoms with E-state index in [1.165, 1.54) is 28.3 Å². The van der Waals surface area contributed by atoms with Gasteiger partial charge in [0, 0.05) is 20.8 Å². The first-order valence-corrected chi connectivity index (χ1v) is 17.7. The predicted octanol–water partition coefficient (Wildman–Crippen LogP) is 9.78. The molecule has 12 nitrogen and oxygen atoms in total. The van der Waals surface area contributed by atoms with Crippen molar-refractivity contribution in [2.45, 2.75) is 86.4 Å². The van der Waals surface area contributed by atoms with Crippen molar-refractivity contribution in [1.82, 2.24) is 0 Å². The maximum atomic E-state index is 13.1. The van der Waals surface area contributed by atoms with Gasteiger partial charge in [0.05, 0.1) is 61.8 Å². The maximum absolute atomic E-state index is 13.1. The van der Waals surface area contributed by atoms with Crippen LogP contribution in [0.2, 0.25) is 0 Å². The van der Waals surface area contributed by atoms with E-state index in [0.29, 0.717) is 19.1 Å². The van der Waals surface area contributed by atoms with Crippen molar-refractivity contribution in [3.05, 3.63) is 59.7 Å². The smallest absolute Gasteiger partial charge is 0.410 e. The van der Waals surface area contributed by atoms with Crippen LogP contribution in [0.5, 0.6) is 11.5 Å². The summed E-state index contributed by atoms with van der Waals surface area (Å²) in [5.41, 5.74) is 1.45. The Balaban J connectivity index is -0.000000869. The van der Waals surface area contributed by atoms with Crippen LogP contribution in [0.1, 0.15) is 36.7 Å². The van der Waals surface area contributed by atoms with Gasteiger partial charge in [0.2, 0.25) is 0 Å². The molecule has 404 valence electrons. The second-order valence-electron chi connectivity index (χ2n) is 12.9. The standard InChI is InChI=1S/C10H6F14O2.C10H12O3.C9H10O3.C6H6F6O2.C3H6O2/c1-4(11,12)6(15,16)8(19,20)10(23,24)9(21,22)7(17,18)5(13,14)3(25)26-2;1-12-9-5-3-8(4-6-9)7-10(11)13-2;1-11-8-5-3-7(4-6-8)9(10)12-2;1-4(7,8)6(11,12)5(9,10)3(13)14-2;1-3(4)5-2/h1-2H3;3-6H,7H2,1-2H3;3-6H,1-2H3;1-2H3;1-2H3. The van der Waals surface area contributed by atoms with E-state index in [1.807, 2.05) is 24.3 Å². The zero-order chi connectivity index (χ0) is 56.5. The minimum absolute atomic E-state index is 0.122. The number of carbonyl (C=O) groups is 5. The lowest BCUT2D eigenvalue weighted by molar-refractivity contribution is -0.437. The summed E-state index contributed by atoms with van der Waals surface area (Å²) in [7, 11) is 7.53. The highest BCUT2D eigenvalue weighted by Gasteiger charge is 2.93. The Hall–Kier alpha value is -6.01. The quantitative estimate of drug-likeness (QED) is 0.0950. The first-order chi connectivity index (χ1) is 31.3. The van der Waals surface area contributed by atoms with E-state index in [4.69, 9.17) is 9.47 Å². The van der Waals surface area contributed by atoms with Crippen LogP contribution in [0.15, 0.2) is 48.5 Å². The summed E-state index contributed by atoms with van der Waals surface area (Å²) >= 11 is 0. The van der Waals surface area contributed by atoms with E-state index in [9.17, 15) is 112 Å². The van der Waals surface area contributed by atoms with E-state index < -0.39 is 85.0 Å². The molecule has 0 aliphatic rings. The molecule has 0 aromatic heterocycles. The minimum Gasteiger partial charge on any atom is -0.497 e.